The van der Waals surface area contributed by atoms with E-state index in [1.165, 1.54) is 0 Å². The van der Waals surface area contributed by atoms with E-state index >= 15 is 0 Å². The lowest BCUT2D eigenvalue weighted by atomic mass is 10.4. The van der Waals surface area contributed by atoms with E-state index in [4.69, 9.17) is 0 Å². The number of aromatic nitrogens is 1. The first-order valence-electron chi connectivity index (χ1n) is 5.31. The van der Waals surface area contributed by atoms with Gasteiger partial charge in [-0.3, -0.25) is 4.99 Å². The van der Waals surface area contributed by atoms with Crippen LogP contribution in [0.1, 0.15) is 24.5 Å². The quantitative estimate of drug-likeness (QED) is 0.460. The van der Waals surface area contributed by atoms with Crippen LogP contribution in [0.15, 0.2) is 10.4 Å². The fourth-order valence-corrected chi connectivity index (χ4v) is 1.89. The third-order valence-corrected chi connectivity index (χ3v) is 2.75. The van der Waals surface area contributed by atoms with E-state index in [9.17, 15) is 13.2 Å². The van der Waals surface area contributed by atoms with Crippen molar-refractivity contribution in [3.63, 3.8) is 0 Å². The number of hydrogen-bond donors (Lipinski definition) is 2. The minimum atomic E-state index is -4.38. The summed E-state index contributed by atoms with van der Waals surface area (Å²) in [6.45, 7) is 4.10. The van der Waals surface area contributed by atoms with Gasteiger partial charge in [0.15, 0.2) is 11.7 Å². The Bertz CT molecular complexity index is 417. The summed E-state index contributed by atoms with van der Waals surface area (Å²) >= 11 is 0.971. The normalized spacial score (nSPS) is 12.3. The average Bonchev–Trinajstić information content (AvgIpc) is 2.71. The molecule has 0 spiro atoms. The number of hydrogen-bond acceptors (Lipinski definition) is 3. The van der Waals surface area contributed by atoms with Crippen LogP contribution in [0.4, 0.5) is 13.2 Å². The zero-order chi connectivity index (χ0) is 13.8. The Kier molecular flexibility index (Phi) is 7.64. The third-order valence-electron chi connectivity index (χ3n) is 1.90. The molecule has 4 nitrogen and oxygen atoms in total. The summed E-state index contributed by atoms with van der Waals surface area (Å²) in [5.74, 6) is 0.536. The maximum atomic E-state index is 12.3. The van der Waals surface area contributed by atoms with Crippen LogP contribution in [0.5, 0.6) is 0 Å². The third kappa shape index (κ3) is 6.41. The summed E-state index contributed by atoms with van der Waals surface area (Å²) < 4.78 is 37.0. The molecule has 0 bridgehead atoms. The molecule has 9 heteroatoms. The van der Waals surface area contributed by atoms with Crippen molar-refractivity contribution in [1.29, 1.82) is 0 Å². The van der Waals surface area contributed by atoms with Gasteiger partial charge in [-0.15, -0.1) is 35.3 Å². The molecule has 0 fully saturated rings. The molecule has 0 aliphatic carbocycles. The Labute approximate surface area is 130 Å². The molecule has 0 amide bonds. The maximum Gasteiger partial charge on any atom is 0.434 e. The van der Waals surface area contributed by atoms with Crippen molar-refractivity contribution in [2.24, 2.45) is 4.99 Å². The molecule has 0 aliphatic heterocycles. The summed E-state index contributed by atoms with van der Waals surface area (Å²) in [6, 6.07) is 0.193. The van der Waals surface area contributed by atoms with Crippen LogP contribution in [0.3, 0.4) is 0 Å². The first-order valence-corrected chi connectivity index (χ1v) is 6.19. The number of nitrogens with one attached hydrogen (secondary N) is 2. The Balaban J connectivity index is 0.00000324. The van der Waals surface area contributed by atoms with Crippen LogP contribution in [0.2, 0.25) is 0 Å². The van der Waals surface area contributed by atoms with E-state index in [-0.39, 0.29) is 36.6 Å². The average molecular weight is 408 g/mol. The monoisotopic (exact) mass is 408 g/mol. The van der Waals surface area contributed by atoms with E-state index in [2.05, 4.69) is 20.6 Å². The summed E-state index contributed by atoms with van der Waals surface area (Å²) in [5.41, 5.74) is -0.851. The molecule has 0 aromatic carbocycles. The zero-order valence-corrected chi connectivity index (χ0v) is 13.9. The van der Waals surface area contributed by atoms with Crippen LogP contribution in [0.25, 0.3) is 0 Å². The Morgan fingerprint density at radius 3 is 2.53 bits per heavy atom. The van der Waals surface area contributed by atoms with Crippen molar-refractivity contribution in [2.75, 3.05) is 7.05 Å². The van der Waals surface area contributed by atoms with Crippen molar-refractivity contribution < 1.29 is 13.2 Å². The molecule has 2 N–H and O–H groups in total. The zero-order valence-electron chi connectivity index (χ0n) is 10.7. The number of guanidine groups is 1. The summed E-state index contributed by atoms with van der Waals surface area (Å²) in [6.07, 6.45) is -4.38. The predicted octanol–water partition coefficient (Wildman–Crippen LogP) is 2.85. The fraction of sp³-hybridized carbons (Fsp3) is 0.600. The van der Waals surface area contributed by atoms with E-state index in [0.29, 0.717) is 11.0 Å². The van der Waals surface area contributed by atoms with Gasteiger partial charge in [0.2, 0.25) is 0 Å². The highest BCUT2D eigenvalue weighted by atomic mass is 127. The number of nitrogens with zero attached hydrogens (tertiary/aromatic N) is 2. The minimum Gasteiger partial charge on any atom is -0.354 e. The second kappa shape index (κ2) is 7.88. The van der Waals surface area contributed by atoms with E-state index < -0.39 is 11.9 Å². The highest BCUT2D eigenvalue weighted by Crippen LogP contribution is 2.29. The van der Waals surface area contributed by atoms with Gasteiger partial charge in [-0.25, -0.2) is 4.98 Å². The highest BCUT2D eigenvalue weighted by molar-refractivity contribution is 14.0. The van der Waals surface area contributed by atoms with Crippen LogP contribution in [-0.4, -0.2) is 24.0 Å². The maximum absolute atomic E-state index is 12.3. The Hall–Kier alpha value is -0.580. The second-order valence-corrected chi connectivity index (χ2v) is 4.79. The largest absolute Gasteiger partial charge is 0.434 e. The van der Waals surface area contributed by atoms with E-state index in [1.54, 1.807) is 7.05 Å². The van der Waals surface area contributed by atoms with Gasteiger partial charge in [-0.1, -0.05) is 0 Å². The van der Waals surface area contributed by atoms with E-state index in [0.717, 1.165) is 16.7 Å². The summed E-state index contributed by atoms with van der Waals surface area (Å²) in [7, 11) is 1.60. The molecule has 110 valence electrons. The highest BCUT2D eigenvalue weighted by Gasteiger charge is 2.33. The Morgan fingerprint density at radius 1 is 1.47 bits per heavy atom. The van der Waals surface area contributed by atoms with Crippen molar-refractivity contribution in [2.45, 2.75) is 32.6 Å². The van der Waals surface area contributed by atoms with Crippen LogP contribution < -0.4 is 10.6 Å². The SMILES string of the molecule is CN=C(NCc1nc(C(F)(F)F)cs1)NC(C)C.I. The van der Waals surface area contributed by atoms with Gasteiger partial charge in [-0.05, 0) is 13.8 Å². The molecule has 1 aromatic heterocycles. The van der Waals surface area contributed by atoms with Crippen molar-refractivity contribution in [1.82, 2.24) is 15.6 Å². The van der Waals surface area contributed by atoms with Crippen LogP contribution >= 0.6 is 35.3 Å². The molecule has 0 saturated heterocycles. The lowest BCUT2D eigenvalue weighted by Crippen LogP contribution is -2.40. The van der Waals surface area contributed by atoms with Gasteiger partial charge in [0, 0.05) is 18.5 Å². The molecule has 0 saturated carbocycles. The molecule has 19 heavy (non-hydrogen) atoms. The minimum absolute atomic E-state index is 0. The second-order valence-electron chi connectivity index (χ2n) is 3.85. The van der Waals surface area contributed by atoms with Gasteiger partial charge >= 0.3 is 6.18 Å². The van der Waals surface area contributed by atoms with Crippen molar-refractivity contribution >= 4 is 41.3 Å². The topological polar surface area (TPSA) is 49.3 Å². The van der Waals surface area contributed by atoms with Crippen molar-refractivity contribution in [3.8, 4) is 0 Å². The van der Waals surface area contributed by atoms with Crippen molar-refractivity contribution in [3.05, 3.63) is 16.1 Å². The van der Waals surface area contributed by atoms with Gasteiger partial charge in [0.1, 0.15) is 5.01 Å². The molecule has 0 atom stereocenters. The summed E-state index contributed by atoms with van der Waals surface area (Å²) in [4.78, 5) is 7.46. The smallest absolute Gasteiger partial charge is 0.354 e. The first kappa shape index (κ1) is 18.4. The number of alkyl halides is 3. The predicted molar refractivity (Wildman–Crippen MR) is 81.0 cm³/mol. The molecule has 0 radical (unpaired) electrons. The van der Waals surface area contributed by atoms with Gasteiger partial charge in [0.25, 0.3) is 0 Å². The molecule has 1 heterocycles. The van der Waals surface area contributed by atoms with Gasteiger partial charge < -0.3 is 10.6 Å². The molecular weight excluding hydrogens is 392 g/mol. The molecule has 0 aliphatic rings. The Morgan fingerprint density at radius 2 is 2.11 bits per heavy atom. The van der Waals surface area contributed by atoms with Crippen LogP contribution in [0, 0.1) is 0 Å². The molecule has 0 unspecified atom stereocenters. The number of halogens is 4. The van der Waals surface area contributed by atoms with E-state index in [1.807, 2.05) is 13.8 Å². The number of aliphatic imine (C=N–C) groups is 1. The standard InChI is InChI=1S/C10H15F3N4S.HI/c1-6(2)16-9(14-3)15-4-8-17-7(5-18-8)10(11,12)13;/h5-6H,4H2,1-3H3,(H2,14,15,16);1H. The number of rotatable bonds is 3. The van der Waals surface area contributed by atoms with Crippen LogP contribution in [-0.2, 0) is 12.7 Å². The first-order chi connectivity index (χ1) is 8.32. The summed E-state index contributed by atoms with van der Waals surface area (Å²) in [5, 5.41) is 7.31. The lowest BCUT2D eigenvalue weighted by molar-refractivity contribution is -0.140. The molecule has 1 aromatic rings. The fourth-order valence-electron chi connectivity index (χ4n) is 1.15. The molecule has 1 rings (SSSR count). The lowest BCUT2D eigenvalue weighted by Gasteiger charge is -2.13. The number of thiazole rings is 1. The molecular formula is C10H16F3IN4S. The van der Waals surface area contributed by atoms with Gasteiger partial charge in [0.05, 0.1) is 6.54 Å². The van der Waals surface area contributed by atoms with Gasteiger partial charge in [-0.2, -0.15) is 13.2 Å².